The van der Waals surface area contributed by atoms with Gasteiger partial charge < -0.3 is 10.2 Å². The largest absolute Gasteiger partial charge is 0.352 e. The molecule has 1 amide bonds. The van der Waals surface area contributed by atoms with E-state index in [0.717, 1.165) is 25.1 Å². The van der Waals surface area contributed by atoms with Crippen molar-refractivity contribution in [2.24, 2.45) is 0 Å². The minimum atomic E-state index is -0.0232. The van der Waals surface area contributed by atoms with Gasteiger partial charge in [-0.2, -0.15) is 0 Å². The van der Waals surface area contributed by atoms with E-state index in [0.29, 0.717) is 5.56 Å². The van der Waals surface area contributed by atoms with Gasteiger partial charge in [-0.05, 0) is 63.2 Å². The van der Waals surface area contributed by atoms with Crippen molar-refractivity contribution in [3.63, 3.8) is 0 Å². The Kier molecular flexibility index (Phi) is 5.00. The van der Waals surface area contributed by atoms with Gasteiger partial charge in [0.25, 0.3) is 5.91 Å². The van der Waals surface area contributed by atoms with Crippen molar-refractivity contribution < 1.29 is 4.79 Å². The molecule has 1 aromatic carbocycles. The molecule has 1 aliphatic rings. The first kappa shape index (κ1) is 13.6. The predicted octanol–water partition coefficient (Wildman–Crippen LogP) is 1.88. The number of hydrogen-bond donors (Lipinski definition) is 1. The first-order chi connectivity index (χ1) is 9.29. The number of nitrogens with one attached hydrogen (secondary N) is 1. The van der Waals surface area contributed by atoms with Crippen molar-refractivity contribution in [3.05, 3.63) is 35.4 Å². The number of benzene rings is 1. The van der Waals surface area contributed by atoms with Gasteiger partial charge in [0.1, 0.15) is 0 Å². The molecule has 1 heterocycles. The average Bonchev–Trinajstić information content (AvgIpc) is 2.96. The van der Waals surface area contributed by atoms with Crippen LogP contribution in [-0.4, -0.2) is 37.0 Å². The van der Waals surface area contributed by atoms with Crippen LogP contribution in [0.2, 0.25) is 0 Å². The van der Waals surface area contributed by atoms with Crippen molar-refractivity contribution in [1.29, 1.82) is 0 Å². The molecule has 0 unspecified atom stereocenters. The van der Waals surface area contributed by atoms with Crippen LogP contribution in [0.1, 0.15) is 35.2 Å². The van der Waals surface area contributed by atoms with E-state index in [9.17, 15) is 4.79 Å². The van der Waals surface area contributed by atoms with Crippen LogP contribution in [0.4, 0.5) is 0 Å². The Morgan fingerprint density at radius 1 is 1.26 bits per heavy atom. The minimum Gasteiger partial charge on any atom is -0.352 e. The molecule has 100 valence electrons. The maximum Gasteiger partial charge on any atom is 0.251 e. The minimum absolute atomic E-state index is 0.0232. The number of amides is 1. The van der Waals surface area contributed by atoms with Gasteiger partial charge in [0, 0.05) is 17.7 Å². The fraction of sp³-hybridized carbons (Fsp3) is 0.438. The summed E-state index contributed by atoms with van der Waals surface area (Å²) in [5, 5.41) is 2.94. The molecular formula is C16H20N2O. The third-order valence-corrected chi connectivity index (χ3v) is 3.45. The van der Waals surface area contributed by atoms with Crippen molar-refractivity contribution in [2.45, 2.75) is 19.3 Å². The third kappa shape index (κ3) is 4.11. The van der Waals surface area contributed by atoms with E-state index in [1.807, 2.05) is 0 Å². The highest BCUT2D eigenvalue weighted by atomic mass is 16.1. The van der Waals surface area contributed by atoms with Crippen LogP contribution in [0.15, 0.2) is 24.3 Å². The topological polar surface area (TPSA) is 32.3 Å². The van der Waals surface area contributed by atoms with E-state index in [1.54, 1.807) is 24.3 Å². The van der Waals surface area contributed by atoms with Crippen LogP contribution in [-0.2, 0) is 0 Å². The molecule has 0 aromatic heterocycles. The highest BCUT2D eigenvalue weighted by molar-refractivity contribution is 5.94. The zero-order valence-corrected chi connectivity index (χ0v) is 11.2. The molecule has 19 heavy (non-hydrogen) atoms. The Morgan fingerprint density at radius 2 is 1.95 bits per heavy atom. The van der Waals surface area contributed by atoms with Gasteiger partial charge in [-0.1, -0.05) is 5.92 Å². The Balaban J connectivity index is 1.69. The summed E-state index contributed by atoms with van der Waals surface area (Å²) >= 11 is 0. The van der Waals surface area contributed by atoms with Crippen molar-refractivity contribution in [2.75, 3.05) is 26.2 Å². The zero-order valence-electron chi connectivity index (χ0n) is 11.2. The number of hydrogen-bond acceptors (Lipinski definition) is 2. The lowest BCUT2D eigenvalue weighted by atomic mass is 10.1. The van der Waals surface area contributed by atoms with Gasteiger partial charge in [0.2, 0.25) is 0 Å². The quantitative estimate of drug-likeness (QED) is 0.644. The van der Waals surface area contributed by atoms with Gasteiger partial charge in [0.15, 0.2) is 0 Å². The first-order valence-corrected chi connectivity index (χ1v) is 6.87. The second kappa shape index (κ2) is 6.96. The van der Waals surface area contributed by atoms with E-state index < -0.39 is 0 Å². The lowest BCUT2D eigenvalue weighted by Gasteiger charge is -2.14. The Labute approximate surface area is 115 Å². The summed E-state index contributed by atoms with van der Waals surface area (Å²) in [5.74, 6) is 2.52. The molecule has 3 heteroatoms. The highest BCUT2D eigenvalue weighted by Crippen LogP contribution is 2.07. The molecule has 3 nitrogen and oxygen atoms in total. The lowest BCUT2D eigenvalue weighted by Crippen LogP contribution is -2.28. The maximum absolute atomic E-state index is 11.9. The normalized spacial score (nSPS) is 15.1. The van der Waals surface area contributed by atoms with E-state index >= 15 is 0 Å². The standard InChI is InChI=1S/C16H20N2O/c1-2-14-6-8-15(9-7-14)16(19)17-10-5-13-18-11-3-4-12-18/h1,6-9H,3-5,10-13H2,(H,17,19). The molecule has 2 rings (SSSR count). The Bertz CT molecular complexity index is 453. The van der Waals surface area contributed by atoms with Gasteiger partial charge in [-0.3, -0.25) is 4.79 Å². The zero-order chi connectivity index (χ0) is 13.5. The van der Waals surface area contributed by atoms with E-state index in [2.05, 4.69) is 16.1 Å². The molecule has 1 N–H and O–H groups in total. The fourth-order valence-corrected chi connectivity index (χ4v) is 2.33. The number of nitrogens with zero attached hydrogens (tertiary/aromatic N) is 1. The molecule has 1 aromatic rings. The highest BCUT2D eigenvalue weighted by Gasteiger charge is 2.10. The molecule has 1 fully saturated rings. The van der Waals surface area contributed by atoms with Gasteiger partial charge >= 0.3 is 0 Å². The molecule has 0 bridgehead atoms. The van der Waals surface area contributed by atoms with Gasteiger partial charge in [0.05, 0.1) is 0 Å². The second-order valence-corrected chi connectivity index (χ2v) is 4.88. The molecule has 0 spiro atoms. The lowest BCUT2D eigenvalue weighted by molar-refractivity contribution is 0.0952. The van der Waals surface area contributed by atoms with Crippen molar-refractivity contribution >= 4 is 5.91 Å². The van der Waals surface area contributed by atoms with Crippen LogP contribution < -0.4 is 5.32 Å². The number of carbonyl (C=O) groups excluding carboxylic acids is 1. The van der Waals surface area contributed by atoms with Crippen LogP contribution in [0, 0.1) is 12.3 Å². The molecule has 0 aliphatic carbocycles. The Morgan fingerprint density at radius 3 is 2.58 bits per heavy atom. The van der Waals surface area contributed by atoms with Crippen LogP contribution in [0.5, 0.6) is 0 Å². The first-order valence-electron chi connectivity index (χ1n) is 6.87. The fourth-order valence-electron chi connectivity index (χ4n) is 2.33. The van der Waals surface area contributed by atoms with Crippen LogP contribution in [0.25, 0.3) is 0 Å². The van der Waals surface area contributed by atoms with Gasteiger partial charge in [-0.25, -0.2) is 0 Å². The predicted molar refractivity (Wildman–Crippen MR) is 77.0 cm³/mol. The van der Waals surface area contributed by atoms with E-state index in [1.165, 1.54) is 25.9 Å². The second-order valence-electron chi connectivity index (χ2n) is 4.88. The monoisotopic (exact) mass is 256 g/mol. The van der Waals surface area contributed by atoms with E-state index in [-0.39, 0.29) is 5.91 Å². The summed E-state index contributed by atoms with van der Waals surface area (Å²) in [7, 11) is 0. The SMILES string of the molecule is C#Cc1ccc(C(=O)NCCCN2CCCC2)cc1. The molecule has 1 saturated heterocycles. The van der Waals surface area contributed by atoms with Crippen molar-refractivity contribution in [3.8, 4) is 12.3 Å². The third-order valence-electron chi connectivity index (χ3n) is 3.45. The number of carbonyl (C=O) groups is 1. The van der Waals surface area contributed by atoms with Crippen LogP contribution in [0.3, 0.4) is 0 Å². The molecular weight excluding hydrogens is 236 g/mol. The summed E-state index contributed by atoms with van der Waals surface area (Å²) in [4.78, 5) is 14.3. The summed E-state index contributed by atoms with van der Waals surface area (Å²) in [6, 6.07) is 7.12. The molecule has 0 saturated carbocycles. The van der Waals surface area contributed by atoms with Crippen molar-refractivity contribution in [1.82, 2.24) is 10.2 Å². The maximum atomic E-state index is 11.9. The Hall–Kier alpha value is -1.79. The number of terminal acetylenes is 1. The summed E-state index contributed by atoms with van der Waals surface area (Å²) < 4.78 is 0. The molecule has 0 radical (unpaired) electrons. The average molecular weight is 256 g/mol. The summed E-state index contributed by atoms with van der Waals surface area (Å²) in [5.41, 5.74) is 1.46. The number of rotatable bonds is 5. The summed E-state index contributed by atoms with van der Waals surface area (Å²) in [6.07, 6.45) is 8.91. The number of likely N-dealkylation sites (tertiary alicyclic amines) is 1. The molecule has 0 atom stereocenters. The van der Waals surface area contributed by atoms with E-state index in [4.69, 9.17) is 6.42 Å². The van der Waals surface area contributed by atoms with Crippen LogP contribution >= 0.6 is 0 Å². The molecule has 1 aliphatic heterocycles. The van der Waals surface area contributed by atoms with Gasteiger partial charge in [-0.15, -0.1) is 6.42 Å². The summed E-state index contributed by atoms with van der Waals surface area (Å²) in [6.45, 7) is 4.23. The smallest absolute Gasteiger partial charge is 0.251 e.